The van der Waals surface area contributed by atoms with Gasteiger partial charge in [-0.25, -0.2) is 9.78 Å². The van der Waals surface area contributed by atoms with Gasteiger partial charge in [0.15, 0.2) is 5.13 Å². The number of hydrogen-bond donors (Lipinski definition) is 2. The molecule has 0 spiro atoms. The summed E-state index contributed by atoms with van der Waals surface area (Å²) < 4.78 is -0.171. The van der Waals surface area contributed by atoms with Crippen LogP contribution in [0.3, 0.4) is 0 Å². The van der Waals surface area contributed by atoms with Crippen molar-refractivity contribution in [2.24, 2.45) is 5.92 Å². The SMILES string of the molecule is CC1CCC(N(CCCCc2ccccc2)C(=O)Nc2ncc(SC(C)(C)C(=O)O)s2)CC1. The molecule has 3 rings (SSSR count). The standard InChI is InChI=1S/C25H35N3O3S2/c1-18-12-14-20(15-13-18)28(16-8-7-11-19-9-5-4-6-10-19)24(31)27-23-26-17-21(32-23)33-25(2,3)22(29)30/h4-6,9-10,17-18,20H,7-8,11-16H2,1-3H3,(H,29,30)(H,26,27,31). The molecule has 0 unspecified atom stereocenters. The number of carbonyl (C=O) groups excluding carboxylic acids is 1. The van der Waals surface area contributed by atoms with E-state index >= 15 is 0 Å². The third kappa shape index (κ3) is 7.74. The van der Waals surface area contributed by atoms with E-state index in [9.17, 15) is 14.7 Å². The predicted molar refractivity (Wildman–Crippen MR) is 136 cm³/mol. The van der Waals surface area contributed by atoms with E-state index in [0.717, 1.165) is 61.6 Å². The number of urea groups is 1. The molecular weight excluding hydrogens is 454 g/mol. The number of thioether (sulfide) groups is 1. The molecule has 1 fully saturated rings. The lowest BCUT2D eigenvalue weighted by atomic mass is 9.86. The van der Waals surface area contributed by atoms with Gasteiger partial charge in [0.1, 0.15) is 4.75 Å². The Labute approximate surface area is 205 Å². The first-order valence-electron chi connectivity index (χ1n) is 11.7. The maximum absolute atomic E-state index is 13.2. The van der Waals surface area contributed by atoms with Crippen LogP contribution in [0.2, 0.25) is 0 Å². The molecule has 33 heavy (non-hydrogen) atoms. The summed E-state index contributed by atoms with van der Waals surface area (Å²) in [5.74, 6) is -0.153. The zero-order valence-electron chi connectivity index (χ0n) is 19.8. The summed E-state index contributed by atoms with van der Waals surface area (Å²) >= 11 is 2.57. The Morgan fingerprint density at radius 1 is 1.18 bits per heavy atom. The number of aromatic nitrogens is 1. The van der Waals surface area contributed by atoms with Crippen molar-refractivity contribution < 1.29 is 14.7 Å². The van der Waals surface area contributed by atoms with E-state index in [0.29, 0.717) is 5.13 Å². The minimum absolute atomic E-state index is 0.0994. The highest BCUT2D eigenvalue weighted by Crippen LogP contribution is 2.37. The van der Waals surface area contributed by atoms with Gasteiger partial charge in [0.2, 0.25) is 0 Å². The van der Waals surface area contributed by atoms with E-state index in [4.69, 9.17) is 0 Å². The molecule has 1 saturated carbocycles. The van der Waals surface area contributed by atoms with Gasteiger partial charge >= 0.3 is 12.0 Å². The molecule has 180 valence electrons. The average Bonchev–Trinajstić information content (AvgIpc) is 3.21. The molecule has 2 N–H and O–H groups in total. The van der Waals surface area contributed by atoms with Crippen molar-refractivity contribution in [3.63, 3.8) is 0 Å². The molecule has 0 radical (unpaired) electrons. The Bertz CT molecular complexity index is 909. The lowest BCUT2D eigenvalue weighted by Crippen LogP contribution is -2.45. The highest BCUT2D eigenvalue weighted by molar-refractivity contribution is 8.03. The number of unbranched alkanes of at least 4 members (excludes halogenated alkanes) is 1. The van der Waals surface area contributed by atoms with Gasteiger partial charge in [-0.15, -0.1) is 0 Å². The first-order chi connectivity index (χ1) is 15.7. The monoisotopic (exact) mass is 489 g/mol. The summed E-state index contributed by atoms with van der Waals surface area (Å²) in [5.41, 5.74) is 1.33. The molecule has 1 aliphatic carbocycles. The molecule has 0 bridgehead atoms. The second kappa shape index (κ2) is 11.9. The Kier molecular flexibility index (Phi) is 9.20. The van der Waals surface area contributed by atoms with Crippen LogP contribution in [0.4, 0.5) is 9.93 Å². The average molecular weight is 490 g/mol. The lowest BCUT2D eigenvalue weighted by molar-refractivity contribution is -0.138. The third-order valence-corrected chi connectivity index (χ3v) is 8.41. The molecule has 1 aromatic heterocycles. The van der Waals surface area contributed by atoms with Crippen molar-refractivity contribution in [1.82, 2.24) is 9.88 Å². The molecule has 2 aromatic rings. The van der Waals surface area contributed by atoms with Gasteiger partial charge in [-0.3, -0.25) is 10.1 Å². The molecule has 2 amide bonds. The Hall–Kier alpha value is -2.06. The van der Waals surface area contributed by atoms with E-state index in [1.807, 2.05) is 11.0 Å². The fourth-order valence-electron chi connectivity index (χ4n) is 4.08. The minimum Gasteiger partial charge on any atom is -0.480 e. The molecular formula is C25H35N3O3S2. The molecule has 8 heteroatoms. The Morgan fingerprint density at radius 2 is 1.88 bits per heavy atom. The number of rotatable bonds is 10. The maximum Gasteiger partial charge on any atom is 0.323 e. The van der Waals surface area contributed by atoms with Crippen LogP contribution in [-0.4, -0.2) is 44.3 Å². The molecule has 0 saturated heterocycles. The van der Waals surface area contributed by atoms with E-state index in [1.54, 1.807) is 20.0 Å². The quantitative estimate of drug-likeness (QED) is 0.293. The van der Waals surface area contributed by atoms with Crippen LogP contribution in [0.25, 0.3) is 0 Å². The number of amides is 2. The van der Waals surface area contributed by atoms with Crippen molar-refractivity contribution in [3.05, 3.63) is 42.1 Å². The number of carbonyl (C=O) groups is 2. The Balaban J connectivity index is 1.59. The zero-order chi connectivity index (χ0) is 23.8. The molecule has 6 nitrogen and oxygen atoms in total. The largest absolute Gasteiger partial charge is 0.480 e. The number of benzene rings is 1. The highest BCUT2D eigenvalue weighted by Gasteiger charge is 2.30. The number of hydrogen-bond acceptors (Lipinski definition) is 5. The fourth-order valence-corrected chi connectivity index (χ4v) is 6.35. The number of anilines is 1. The van der Waals surface area contributed by atoms with Crippen LogP contribution in [-0.2, 0) is 11.2 Å². The van der Waals surface area contributed by atoms with Crippen LogP contribution in [0.15, 0.2) is 40.7 Å². The van der Waals surface area contributed by atoms with Crippen LogP contribution < -0.4 is 5.32 Å². The number of nitrogens with zero attached hydrogens (tertiary/aromatic N) is 2. The van der Waals surface area contributed by atoms with Gasteiger partial charge in [0.25, 0.3) is 0 Å². The smallest absolute Gasteiger partial charge is 0.323 e. The van der Waals surface area contributed by atoms with E-state index in [-0.39, 0.29) is 12.1 Å². The molecule has 1 aromatic carbocycles. The van der Waals surface area contributed by atoms with Crippen molar-refractivity contribution >= 4 is 40.2 Å². The van der Waals surface area contributed by atoms with Crippen molar-refractivity contribution in [2.45, 2.75) is 80.7 Å². The molecule has 1 heterocycles. The van der Waals surface area contributed by atoms with Crippen LogP contribution >= 0.6 is 23.1 Å². The van der Waals surface area contributed by atoms with E-state index in [1.165, 1.54) is 28.7 Å². The van der Waals surface area contributed by atoms with E-state index in [2.05, 4.69) is 41.5 Å². The minimum atomic E-state index is -0.947. The van der Waals surface area contributed by atoms with Crippen LogP contribution in [0, 0.1) is 5.92 Å². The highest BCUT2D eigenvalue weighted by atomic mass is 32.2. The van der Waals surface area contributed by atoms with E-state index < -0.39 is 10.7 Å². The molecule has 0 atom stereocenters. The number of aryl methyl sites for hydroxylation is 1. The predicted octanol–water partition coefficient (Wildman–Crippen LogP) is 6.53. The van der Waals surface area contributed by atoms with Gasteiger partial charge < -0.3 is 10.0 Å². The van der Waals surface area contributed by atoms with Crippen LogP contribution in [0.1, 0.15) is 64.9 Å². The van der Waals surface area contributed by atoms with Crippen molar-refractivity contribution in [1.29, 1.82) is 0 Å². The number of thiazole rings is 1. The first kappa shape index (κ1) is 25.6. The van der Waals surface area contributed by atoms with Crippen molar-refractivity contribution in [3.8, 4) is 0 Å². The summed E-state index contributed by atoms with van der Waals surface area (Å²) in [5, 5.41) is 12.8. The summed E-state index contributed by atoms with van der Waals surface area (Å²) in [7, 11) is 0. The zero-order valence-corrected chi connectivity index (χ0v) is 21.4. The third-order valence-electron chi connectivity index (χ3n) is 6.21. The van der Waals surface area contributed by atoms with Gasteiger partial charge in [0.05, 0.1) is 10.4 Å². The first-order valence-corrected chi connectivity index (χ1v) is 13.4. The second-order valence-electron chi connectivity index (χ2n) is 9.38. The number of aliphatic carboxylic acids is 1. The molecule has 1 aliphatic rings. The number of carboxylic acid groups (broad SMARTS) is 1. The fraction of sp³-hybridized carbons (Fsp3) is 0.560. The van der Waals surface area contributed by atoms with Gasteiger partial charge in [-0.1, -0.05) is 60.4 Å². The summed E-state index contributed by atoms with van der Waals surface area (Å²) in [6.45, 7) is 6.35. The maximum atomic E-state index is 13.2. The van der Waals surface area contributed by atoms with Gasteiger partial charge in [-0.2, -0.15) is 0 Å². The summed E-state index contributed by atoms with van der Waals surface area (Å²) in [6, 6.07) is 10.6. The topological polar surface area (TPSA) is 82.5 Å². The summed E-state index contributed by atoms with van der Waals surface area (Å²) in [4.78, 5) is 31.0. The summed E-state index contributed by atoms with van der Waals surface area (Å²) in [6.07, 6.45) is 9.05. The number of nitrogens with one attached hydrogen (secondary N) is 1. The second-order valence-corrected chi connectivity index (χ2v) is 12.3. The van der Waals surface area contributed by atoms with Crippen molar-refractivity contribution in [2.75, 3.05) is 11.9 Å². The van der Waals surface area contributed by atoms with Gasteiger partial charge in [-0.05, 0) is 70.3 Å². The lowest BCUT2D eigenvalue weighted by Gasteiger charge is -2.36. The Morgan fingerprint density at radius 3 is 2.55 bits per heavy atom. The normalized spacial score (nSPS) is 18.6. The van der Waals surface area contributed by atoms with Crippen LogP contribution in [0.5, 0.6) is 0 Å². The molecule has 0 aliphatic heterocycles. The number of carboxylic acids is 1. The van der Waals surface area contributed by atoms with Gasteiger partial charge in [0, 0.05) is 12.6 Å².